The summed E-state index contributed by atoms with van der Waals surface area (Å²) in [7, 11) is 0. The summed E-state index contributed by atoms with van der Waals surface area (Å²) in [6, 6.07) is 2.88. The number of carboxylic acids is 1. The van der Waals surface area contributed by atoms with Gasteiger partial charge in [0.1, 0.15) is 11.1 Å². The number of pyridine rings is 2. The van der Waals surface area contributed by atoms with E-state index in [2.05, 4.69) is 20.2 Å². The Bertz CT molecular complexity index is 1580. The van der Waals surface area contributed by atoms with Crippen LogP contribution >= 0.6 is 0 Å². The summed E-state index contributed by atoms with van der Waals surface area (Å²) in [4.78, 5) is 30.8. The molecule has 0 radical (unpaired) electrons. The highest BCUT2D eigenvalue weighted by Gasteiger charge is 2.41. The maximum Gasteiger partial charge on any atom is 0.436 e. The van der Waals surface area contributed by atoms with Crippen LogP contribution in [0.15, 0.2) is 49.1 Å². The van der Waals surface area contributed by atoms with Crippen molar-refractivity contribution in [1.82, 2.24) is 29.5 Å². The lowest BCUT2D eigenvalue weighted by atomic mass is 10.1. The molecule has 0 aliphatic carbocycles. The van der Waals surface area contributed by atoms with E-state index in [0.29, 0.717) is 10.9 Å². The van der Waals surface area contributed by atoms with E-state index in [0.717, 1.165) is 41.5 Å². The maximum atomic E-state index is 13.6. The SMILES string of the molecule is O=C(O)c1cn(C(CCOC(=O)c2cn(Cc3ccc(F)nc3)nc2C(F)(F)F)c2ccc(F)nc2)nc1C(F)(F)F. The second-order valence-electron chi connectivity index (χ2n) is 8.60. The minimum absolute atomic E-state index is 0.0253. The van der Waals surface area contributed by atoms with Crippen molar-refractivity contribution in [2.45, 2.75) is 31.4 Å². The Morgan fingerprint density at radius 2 is 1.48 bits per heavy atom. The third kappa shape index (κ3) is 6.87. The molecule has 18 heteroatoms. The second kappa shape index (κ2) is 11.5. The standard InChI is InChI=1S/C24H16F8N6O4/c25-17-3-1-12(7-33-17)9-37-10-15(20(35-37)24(30,31)32)22(41)42-6-5-16(13-2-4-18(26)34-8-13)38-11-14(21(39)40)19(36-38)23(27,28)29/h1-4,7-8,10-11,16H,5-6,9H2,(H,39,40). The third-order valence-corrected chi connectivity index (χ3v) is 5.69. The molecule has 1 N–H and O–H groups in total. The van der Waals surface area contributed by atoms with Gasteiger partial charge in [-0.25, -0.2) is 19.6 Å². The van der Waals surface area contributed by atoms with Crippen molar-refractivity contribution in [3.63, 3.8) is 0 Å². The Kier molecular flexibility index (Phi) is 8.26. The van der Waals surface area contributed by atoms with Crippen molar-refractivity contribution in [2.24, 2.45) is 0 Å². The van der Waals surface area contributed by atoms with Crippen molar-refractivity contribution in [3.8, 4) is 0 Å². The monoisotopic (exact) mass is 604 g/mol. The summed E-state index contributed by atoms with van der Waals surface area (Å²) in [5.41, 5.74) is -5.21. The summed E-state index contributed by atoms with van der Waals surface area (Å²) in [5, 5.41) is 15.9. The quantitative estimate of drug-likeness (QED) is 0.165. The molecule has 0 aliphatic rings. The Morgan fingerprint density at radius 1 is 0.857 bits per heavy atom. The minimum atomic E-state index is -5.16. The molecular formula is C24H16F8N6O4. The Hall–Kier alpha value is -4.90. The Morgan fingerprint density at radius 3 is 2.00 bits per heavy atom. The fourth-order valence-electron chi connectivity index (χ4n) is 3.84. The van der Waals surface area contributed by atoms with Gasteiger partial charge in [0.05, 0.1) is 19.2 Å². The van der Waals surface area contributed by atoms with Gasteiger partial charge in [-0.05, 0) is 23.3 Å². The lowest BCUT2D eigenvalue weighted by molar-refractivity contribution is -0.142. The van der Waals surface area contributed by atoms with Crippen LogP contribution in [0.1, 0.15) is 55.7 Å². The Balaban J connectivity index is 1.58. The fourth-order valence-corrected chi connectivity index (χ4v) is 3.84. The zero-order valence-electron chi connectivity index (χ0n) is 20.7. The highest BCUT2D eigenvalue weighted by atomic mass is 19.4. The van der Waals surface area contributed by atoms with E-state index in [9.17, 15) is 49.8 Å². The highest BCUT2D eigenvalue weighted by Crippen LogP contribution is 2.34. The van der Waals surface area contributed by atoms with Gasteiger partial charge >= 0.3 is 24.3 Å². The van der Waals surface area contributed by atoms with Crippen molar-refractivity contribution < 1.29 is 54.6 Å². The molecule has 4 heterocycles. The first-order chi connectivity index (χ1) is 19.6. The van der Waals surface area contributed by atoms with Gasteiger partial charge in [-0.2, -0.15) is 45.3 Å². The van der Waals surface area contributed by atoms with Crippen LogP contribution in [0, 0.1) is 11.9 Å². The number of carbonyl (C=O) groups is 2. The molecule has 222 valence electrons. The number of ether oxygens (including phenoxy) is 1. The first-order valence-corrected chi connectivity index (χ1v) is 11.6. The van der Waals surface area contributed by atoms with Crippen LogP contribution in [0.3, 0.4) is 0 Å². The molecule has 0 fully saturated rings. The molecule has 0 saturated carbocycles. The number of halogens is 8. The normalized spacial score (nSPS) is 12.8. The van der Waals surface area contributed by atoms with Gasteiger partial charge in [-0.15, -0.1) is 0 Å². The van der Waals surface area contributed by atoms with Crippen molar-refractivity contribution >= 4 is 11.9 Å². The van der Waals surface area contributed by atoms with Crippen LogP contribution in [0.5, 0.6) is 0 Å². The van der Waals surface area contributed by atoms with E-state index < -0.39 is 77.8 Å². The van der Waals surface area contributed by atoms with Gasteiger partial charge < -0.3 is 9.84 Å². The zero-order chi connectivity index (χ0) is 30.8. The predicted molar refractivity (Wildman–Crippen MR) is 122 cm³/mol. The molecule has 0 spiro atoms. The van der Waals surface area contributed by atoms with Crippen LogP contribution in [0.4, 0.5) is 35.1 Å². The van der Waals surface area contributed by atoms with Crippen LogP contribution in [0.25, 0.3) is 0 Å². The van der Waals surface area contributed by atoms with Gasteiger partial charge in [0.15, 0.2) is 11.4 Å². The number of rotatable bonds is 9. The summed E-state index contributed by atoms with van der Waals surface area (Å²) < 4.78 is 114. The summed E-state index contributed by atoms with van der Waals surface area (Å²) in [6.45, 7) is -1.01. The first kappa shape index (κ1) is 30.1. The summed E-state index contributed by atoms with van der Waals surface area (Å²) in [5.74, 6) is -5.19. The van der Waals surface area contributed by atoms with E-state index in [1.807, 2.05) is 0 Å². The number of nitrogens with zero attached hydrogens (tertiary/aromatic N) is 6. The summed E-state index contributed by atoms with van der Waals surface area (Å²) in [6.07, 6.45) is -7.38. The largest absolute Gasteiger partial charge is 0.478 e. The van der Waals surface area contributed by atoms with Gasteiger partial charge in [0.25, 0.3) is 0 Å². The van der Waals surface area contributed by atoms with Gasteiger partial charge in [0, 0.05) is 31.2 Å². The molecule has 1 atom stereocenters. The first-order valence-electron chi connectivity index (χ1n) is 11.6. The third-order valence-electron chi connectivity index (χ3n) is 5.69. The highest BCUT2D eigenvalue weighted by molar-refractivity contribution is 5.90. The van der Waals surface area contributed by atoms with E-state index in [1.165, 1.54) is 6.07 Å². The number of carbonyl (C=O) groups excluding carboxylic acids is 1. The molecule has 0 aliphatic heterocycles. The van der Waals surface area contributed by atoms with Crippen LogP contribution in [-0.2, 0) is 23.6 Å². The molecule has 1 unspecified atom stereocenters. The average Bonchev–Trinajstić information content (AvgIpc) is 3.54. The molecule has 4 aromatic rings. The summed E-state index contributed by atoms with van der Waals surface area (Å²) >= 11 is 0. The van der Waals surface area contributed by atoms with Crippen molar-refractivity contribution in [3.05, 3.63) is 94.6 Å². The minimum Gasteiger partial charge on any atom is -0.478 e. The molecular weight excluding hydrogens is 588 g/mol. The molecule has 10 nitrogen and oxygen atoms in total. The van der Waals surface area contributed by atoms with Gasteiger partial charge in [0.2, 0.25) is 11.9 Å². The molecule has 42 heavy (non-hydrogen) atoms. The van der Waals surface area contributed by atoms with Gasteiger partial charge in [-0.1, -0.05) is 12.1 Å². The average molecular weight is 604 g/mol. The molecule has 0 saturated heterocycles. The molecule has 0 amide bonds. The van der Waals surface area contributed by atoms with Gasteiger partial charge in [-0.3, -0.25) is 9.36 Å². The number of hydrogen-bond acceptors (Lipinski definition) is 7. The number of hydrogen-bond donors (Lipinski definition) is 1. The van der Waals surface area contributed by atoms with Crippen molar-refractivity contribution in [2.75, 3.05) is 6.61 Å². The van der Waals surface area contributed by atoms with E-state index in [1.54, 1.807) is 0 Å². The number of aromatic carboxylic acids is 1. The Labute approximate surface area is 229 Å². The maximum absolute atomic E-state index is 13.6. The number of alkyl halides is 6. The molecule has 0 bridgehead atoms. The van der Waals surface area contributed by atoms with E-state index >= 15 is 0 Å². The predicted octanol–water partition coefficient (Wildman–Crippen LogP) is 4.77. The lowest BCUT2D eigenvalue weighted by Gasteiger charge is -2.18. The lowest BCUT2D eigenvalue weighted by Crippen LogP contribution is -2.18. The van der Waals surface area contributed by atoms with Crippen molar-refractivity contribution in [1.29, 1.82) is 0 Å². The second-order valence-corrected chi connectivity index (χ2v) is 8.60. The number of esters is 1. The van der Waals surface area contributed by atoms with E-state index in [4.69, 9.17) is 4.74 Å². The topological polar surface area (TPSA) is 125 Å². The number of aromatic nitrogens is 6. The zero-order valence-corrected chi connectivity index (χ0v) is 20.7. The van der Waals surface area contributed by atoms with E-state index in [-0.39, 0.29) is 17.7 Å². The van der Waals surface area contributed by atoms with Crippen LogP contribution in [-0.4, -0.2) is 53.2 Å². The fraction of sp³-hybridized carbons (Fsp3) is 0.250. The molecule has 4 rings (SSSR count). The smallest absolute Gasteiger partial charge is 0.436 e. The molecule has 0 aromatic carbocycles. The van der Waals surface area contributed by atoms with Crippen LogP contribution in [0.2, 0.25) is 0 Å². The van der Waals surface area contributed by atoms with Crippen LogP contribution < -0.4 is 0 Å². The molecule has 4 aromatic heterocycles. The number of carboxylic acid groups (broad SMARTS) is 1.